The fourth-order valence-electron chi connectivity index (χ4n) is 4.75. The van der Waals surface area contributed by atoms with E-state index in [1.807, 2.05) is 25.1 Å². The summed E-state index contributed by atoms with van der Waals surface area (Å²) in [4.78, 5) is 31.9. The Balaban J connectivity index is 1.99. The molecule has 1 aliphatic heterocycles. The Morgan fingerprint density at radius 2 is 1.76 bits per heavy atom. The van der Waals surface area contributed by atoms with Gasteiger partial charge in [-0.15, -0.1) is 0 Å². The fraction of sp³-hybridized carbons (Fsp3) is 0.345. The number of aryl methyl sites for hydroxylation is 1. The maximum Gasteiger partial charge on any atom is 0.271 e. The number of methoxy groups -OCH3 is 3. The number of carbonyl (C=O) groups is 1. The standard InChI is InChI=1S/C29H32N2O5S/c1-15(2)22-12-19(16(3)11-23(22)35-7)13-25-28(33)31-27(21-10-9-20(34-6)14-24(21)36-8)26(18(5)32)17(4)30-29(31)37-25/h9-15,27H,1-8H3/t27-/m0/s1. The minimum absolute atomic E-state index is 0.147. The highest BCUT2D eigenvalue weighted by molar-refractivity contribution is 7.07. The van der Waals surface area contributed by atoms with Crippen LogP contribution in [0.1, 0.15) is 61.9 Å². The van der Waals surface area contributed by atoms with E-state index in [2.05, 4.69) is 24.9 Å². The van der Waals surface area contributed by atoms with E-state index in [4.69, 9.17) is 14.2 Å². The number of rotatable bonds is 7. The minimum Gasteiger partial charge on any atom is -0.497 e. The number of Topliss-reactive ketones (excluding diaryl/α,β-unsaturated/α-hetero) is 1. The van der Waals surface area contributed by atoms with Gasteiger partial charge in [-0.25, -0.2) is 4.99 Å². The van der Waals surface area contributed by atoms with Crippen LogP contribution in [0.2, 0.25) is 0 Å². The van der Waals surface area contributed by atoms with Crippen LogP contribution in [-0.4, -0.2) is 31.7 Å². The van der Waals surface area contributed by atoms with Crippen molar-refractivity contribution < 1.29 is 19.0 Å². The molecule has 0 radical (unpaired) electrons. The van der Waals surface area contributed by atoms with Crippen LogP contribution in [0.3, 0.4) is 0 Å². The van der Waals surface area contributed by atoms with Crippen molar-refractivity contribution in [3.8, 4) is 17.2 Å². The third-order valence-corrected chi connectivity index (χ3v) is 7.65. The Labute approximate surface area is 220 Å². The van der Waals surface area contributed by atoms with Gasteiger partial charge >= 0.3 is 0 Å². The molecule has 7 nitrogen and oxygen atoms in total. The Hall–Kier alpha value is -3.65. The SMILES string of the molecule is COc1ccc([C@H]2C(C(C)=O)=C(C)N=c3sc(=Cc4cc(C(C)C)c(OC)cc4C)c(=O)n32)c(OC)c1. The quantitative estimate of drug-likeness (QED) is 0.465. The lowest BCUT2D eigenvalue weighted by molar-refractivity contribution is -0.114. The molecule has 3 aromatic rings. The number of fused-ring (bicyclic) bond motifs is 1. The number of hydrogen-bond donors (Lipinski definition) is 0. The second-order valence-corrected chi connectivity index (χ2v) is 10.4. The minimum atomic E-state index is -0.667. The molecule has 1 atom stereocenters. The van der Waals surface area contributed by atoms with Crippen molar-refractivity contribution >= 4 is 23.2 Å². The summed E-state index contributed by atoms with van der Waals surface area (Å²) in [5.41, 5.74) is 4.55. The summed E-state index contributed by atoms with van der Waals surface area (Å²) < 4.78 is 18.7. The Morgan fingerprint density at radius 1 is 1.05 bits per heavy atom. The molecule has 4 rings (SSSR count). The first-order chi connectivity index (χ1) is 17.6. The van der Waals surface area contributed by atoms with Crippen LogP contribution in [0.4, 0.5) is 0 Å². The fourth-order valence-corrected chi connectivity index (χ4v) is 5.79. The average Bonchev–Trinajstić information content (AvgIpc) is 3.17. The molecule has 0 amide bonds. The summed E-state index contributed by atoms with van der Waals surface area (Å²) in [6.07, 6.45) is 1.90. The van der Waals surface area contributed by atoms with Gasteiger partial charge in [0, 0.05) is 22.9 Å². The molecule has 2 heterocycles. The molecule has 8 heteroatoms. The van der Waals surface area contributed by atoms with E-state index in [0.29, 0.717) is 37.7 Å². The molecule has 0 N–H and O–H groups in total. The van der Waals surface area contributed by atoms with Crippen molar-refractivity contribution in [2.45, 2.75) is 46.6 Å². The molecule has 37 heavy (non-hydrogen) atoms. The predicted octanol–water partition coefficient (Wildman–Crippen LogP) is 4.28. The van der Waals surface area contributed by atoms with Crippen LogP contribution >= 0.6 is 11.3 Å². The average molecular weight is 521 g/mol. The zero-order chi connectivity index (χ0) is 27.0. The largest absolute Gasteiger partial charge is 0.497 e. The zero-order valence-corrected chi connectivity index (χ0v) is 23.3. The van der Waals surface area contributed by atoms with Gasteiger partial charge in [-0.3, -0.25) is 14.2 Å². The van der Waals surface area contributed by atoms with E-state index in [0.717, 1.165) is 22.4 Å². The topological polar surface area (TPSA) is 79.1 Å². The lowest BCUT2D eigenvalue weighted by atomic mass is 9.92. The van der Waals surface area contributed by atoms with Gasteiger partial charge in [0.25, 0.3) is 5.56 Å². The Bertz CT molecular complexity index is 1590. The number of nitrogens with zero attached hydrogens (tertiary/aromatic N) is 2. The van der Waals surface area contributed by atoms with Gasteiger partial charge in [0.2, 0.25) is 0 Å². The van der Waals surface area contributed by atoms with Crippen molar-refractivity contribution in [2.24, 2.45) is 4.99 Å². The number of ether oxygens (including phenoxy) is 3. The lowest BCUT2D eigenvalue weighted by Crippen LogP contribution is -2.39. The van der Waals surface area contributed by atoms with Crippen LogP contribution in [0, 0.1) is 6.92 Å². The van der Waals surface area contributed by atoms with Crippen LogP contribution in [0.5, 0.6) is 17.2 Å². The third kappa shape index (κ3) is 4.73. The van der Waals surface area contributed by atoms with E-state index in [9.17, 15) is 9.59 Å². The molecule has 0 bridgehead atoms. The van der Waals surface area contributed by atoms with Gasteiger partial charge in [-0.05, 0) is 73.7 Å². The molecular formula is C29H32N2O5S. The molecule has 1 aromatic heterocycles. The molecule has 0 saturated heterocycles. The highest BCUT2D eigenvalue weighted by Gasteiger charge is 2.32. The second-order valence-electron chi connectivity index (χ2n) is 9.35. The number of ketones is 1. The summed E-state index contributed by atoms with van der Waals surface area (Å²) in [6.45, 7) is 9.52. The van der Waals surface area contributed by atoms with Crippen molar-refractivity contribution in [2.75, 3.05) is 21.3 Å². The predicted molar refractivity (Wildman–Crippen MR) is 146 cm³/mol. The summed E-state index contributed by atoms with van der Waals surface area (Å²) >= 11 is 1.31. The molecule has 0 aliphatic carbocycles. The van der Waals surface area contributed by atoms with Crippen molar-refractivity contribution in [3.63, 3.8) is 0 Å². The summed E-state index contributed by atoms with van der Waals surface area (Å²) in [5, 5.41) is 0. The van der Waals surface area contributed by atoms with E-state index < -0.39 is 6.04 Å². The molecule has 2 aromatic carbocycles. The number of benzene rings is 2. The summed E-state index contributed by atoms with van der Waals surface area (Å²) in [7, 11) is 4.81. The molecule has 0 unspecified atom stereocenters. The van der Waals surface area contributed by atoms with Crippen molar-refractivity contribution in [1.82, 2.24) is 4.57 Å². The summed E-state index contributed by atoms with van der Waals surface area (Å²) in [6, 6.07) is 8.81. The molecular weight excluding hydrogens is 488 g/mol. The van der Waals surface area contributed by atoms with Crippen LogP contribution < -0.4 is 29.1 Å². The number of carbonyl (C=O) groups excluding carboxylic acids is 1. The smallest absolute Gasteiger partial charge is 0.271 e. The van der Waals surface area contributed by atoms with Crippen molar-refractivity contribution in [3.05, 3.63) is 83.5 Å². The van der Waals surface area contributed by atoms with Crippen LogP contribution in [-0.2, 0) is 4.79 Å². The molecule has 0 spiro atoms. The summed E-state index contributed by atoms with van der Waals surface area (Å²) in [5.74, 6) is 2.09. The highest BCUT2D eigenvalue weighted by Crippen LogP contribution is 2.37. The Morgan fingerprint density at radius 3 is 2.35 bits per heavy atom. The first-order valence-corrected chi connectivity index (χ1v) is 12.9. The molecule has 194 valence electrons. The molecule has 1 aliphatic rings. The maximum absolute atomic E-state index is 13.9. The van der Waals surface area contributed by atoms with E-state index in [1.54, 1.807) is 45.0 Å². The second kappa shape index (κ2) is 10.4. The molecule has 0 saturated carbocycles. The van der Waals surface area contributed by atoms with Crippen molar-refractivity contribution in [1.29, 1.82) is 0 Å². The number of hydrogen-bond acceptors (Lipinski definition) is 7. The Kier molecular flexibility index (Phi) is 7.41. The lowest BCUT2D eigenvalue weighted by Gasteiger charge is -2.26. The number of allylic oxidation sites excluding steroid dienone is 2. The highest BCUT2D eigenvalue weighted by atomic mass is 32.1. The number of aromatic nitrogens is 1. The number of thiazole rings is 1. The van der Waals surface area contributed by atoms with Gasteiger partial charge in [0.05, 0.1) is 31.9 Å². The van der Waals surface area contributed by atoms with Crippen LogP contribution in [0.25, 0.3) is 6.08 Å². The normalized spacial score (nSPS) is 15.5. The van der Waals surface area contributed by atoms with Gasteiger partial charge < -0.3 is 14.2 Å². The maximum atomic E-state index is 13.9. The van der Waals surface area contributed by atoms with Crippen LogP contribution in [0.15, 0.2) is 51.4 Å². The van der Waals surface area contributed by atoms with Gasteiger partial charge in [-0.2, -0.15) is 0 Å². The first kappa shape index (κ1) is 26.4. The van der Waals surface area contributed by atoms with Gasteiger partial charge in [-0.1, -0.05) is 25.2 Å². The van der Waals surface area contributed by atoms with E-state index in [1.165, 1.54) is 18.3 Å². The first-order valence-electron chi connectivity index (χ1n) is 12.0. The van der Waals surface area contributed by atoms with Gasteiger partial charge in [0.15, 0.2) is 10.6 Å². The van der Waals surface area contributed by atoms with Gasteiger partial charge in [0.1, 0.15) is 17.2 Å². The molecule has 0 fully saturated rings. The monoisotopic (exact) mass is 520 g/mol. The van der Waals surface area contributed by atoms with E-state index >= 15 is 0 Å². The third-order valence-electron chi connectivity index (χ3n) is 6.66. The zero-order valence-electron chi connectivity index (χ0n) is 22.5. The van der Waals surface area contributed by atoms with E-state index in [-0.39, 0.29) is 17.3 Å².